The molecule has 0 aliphatic carbocycles. The molecule has 0 aromatic rings. The van der Waals surface area contributed by atoms with Crippen molar-refractivity contribution in [1.82, 2.24) is 16.2 Å². The quantitative estimate of drug-likeness (QED) is 0.505. The van der Waals surface area contributed by atoms with Crippen molar-refractivity contribution in [3.63, 3.8) is 0 Å². The Hall–Kier alpha value is -1.31. The number of hydrazine groups is 1. The Morgan fingerprint density at radius 1 is 1.11 bits per heavy atom. The molecule has 0 fully saturated rings. The van der Waals surface area contributed by atoms with Gasteiger partial charge in [0.2, 0.25) is 0 Å². The third-order valence-corrected chi connectivity index (χ3v) is 2.30. The summed E-state index contributed by atoms with van der Waals surface area (Å²) in [6, 6.07) is 0. The molecule has 0 aliphatic heterocycles. The van der Waals surface area contributed by atoms with Crippen LogP contribution in [0.3, 0.4) is 0 Å². The van der Waals surface area contributed by atoms with E-state index in [1.54, 1.807) is 5.32 Å². The normalized spacial score (nSPS) is 12.4. The van der Waals surface area contributed by atoms with Crippen molar-refractivity contribution in [3.8, 4) is 0 Å². The fourth-order valence-electron chi connectivity index (χ4n) is 1.07. The van der Waals surface area contributed by atoms with Gasteiger partial charge in [0.15, 0.2) is 0 Å². The number of alkyl halides is 3. The lowest BCUT2D eigenvalue weighted by Crippen LogP contribution is -2.59. The Morgan fingerprint density at radius 2 is 1.63 bits per heavy atom. The van der Waals surface area contributed by atoms with Crippen LogP contribution in [0.5, 0.6) is 0 Å². The van der Waals surface area contributed by atoms with Crippen molar-refractivity contribution in [2.75, 3.05) is 6.54 Å². The second kappa shape index (κ2) is 6.74. The molecule has 0 aromatic heterocycles. The van der Waals surface area contributed by atoms with E-state index in [9.17, 15) is 22.8 Å². The van der Waals surface area contributed by atoms with Crippen LogP contribution in [0.4, 0.5) is 13.2 Å². The maximum atomic E-state index is 12.1. The zero-order valence-electron chi connectivity index (χ0n) is 11.4. The van der Waals surface area contributed by atoms with Gasteiger partial charge in [-0.25, -0.2) is 5.43 Å². The van der Waals surface area contributed by atoms with Gasteiger partial charge in [0.1, 0.15) is 5.54 Å². The van der Waals surface area contributed by atoms with Gasteiger partial charge in [-0.05, 0) is 26.2 Å². The summed E-state index contributed by atoms with van der Waals surface area (Å²) in [6.07, 6.45) is -4.21. The van der Waals surface area contributed by atoms with E-state index in [1.165, 1.54) is 13.8 Å². The van der Waals surface area contributed by atoms with Gasteiger partial charge in [-0.2, -0.15) is 13.2 Å². The average Bonchev–Trinajstić information content (AvgIpc) is 2.21. The molecule has 0 aliphatic rings. The molecule has 0 saturated carbocycles. The van der Waals surface area contributed by atoms with Gasteiger partial charge in [0, 0.05) is 6.54 Å². The second-order valence-corrected chi connectivity index (χ2v) is 5.14. The fourth-order valence-corrected chi connectivity index (χ4v) is 1.07. The molecule has 0 saturated heterocycles. The standard InChI is InChI=1S/C11H20F3N3O2/c1-7(2)5-6-15-17-8(18)10(3,4)16-9(19)11(12,13)14/h7,15H,5-6H2,1-4H3,(H,16,19)(H,17,18). The van der Waals surface area contributed by atoms with Crippen LogP contribution in [0, 0.1) is 5.92 Å². The number of nitrogens with one attached hydrogen (secondary N) is 3. The Balaban J connectivity index is 4.25. The highest BCUT2D eigenvalue weighted by molar-refractivity contribution is 5.92. The van der Waals surface area contributed by atoms with Crippen LogP contribution in [-0.2, 0) is 9.59 Å². The molecule has 2 amide bonds. The lowest BCUT2D eigenvalue weighted by Gasteiger charge is -2.25. The summed E-state index contributed by atoms with van der Waals surface area (Å²) < 4.78 is 36.2. The number of carbonyl (C=O) groups is 2. The van der Waals surface area contributed by atoms with E-state index in [1.807, 2.05) is 13.8 Å². The maximum Gasteiger partial charge on any atom is 0.471 e. The van der Waals surface area contributed by atoms with Crippen molar-refractivity contribution < 1.29 is 22.8 Å². The van der Waals surface area contributed by atoms with Gasteiger partial charge in [-0.1, -0.05) is 13.8 Å². The molecule has 0 spiro atoms. The Morgan fingerprint density at radius 3 is 2.05 bits per heavy atom. The lowest BCUT2D eigenvalue weighted by molar-refractivity contribution is -0.176. The minimum atomic E-state index is -5.01. The molecule has 19 heavy (non-hydrogen) atoms. The van der Waals surface area contributed by atoms with Crippen LogP contribution in [0.25, 0.3) is 0 Å². The summed E-state index contributed by atoms with van der Waals surface area (Å²) in [4.78, 5) is 22.4. The molecule has 0 heterocycles. The van der Waals surface area contributed by atoms with Gasteiger partial charge in [0.05, 0.1) is 0 Å². The number of hydrogen-bond donors (Lipinski definition) is 3. The third-order valence-electron chi connectivity index (χ3n) is 2.30. The molecule has 0 aromatic carbocycles. The number of hydrogen-bond acceptors (Lipinski definition) is 3. The number of carbonyl (C=O) groups excluding carboxylic acids is 2. The first-order valence-electron chi connectivity index (χ1n) is 5.89. The largest absolute Gasteiger partial charge is 0.471 e. The monoisotopic (exact) mass is 283 g/mol. The Labute approximate surface area is 110 Å². The molecule has 3 N–H and O–H groups in total. The van der Waals surface area contributed by atoms with Gasteiger partial charge < -0.3 is 5.32 Å². The summed E-state index contributed by atoms with van der Waals surface area (Å²) in [5.74, 6) is -2.45. The Bertz CT molecular complexity index is 328. The Kier molecular flexibility index (Phi) is 6.28. The van der Waals surface area contributed by atoms with E-state index in [4.69, 9.17) is 0 Å². The minimum absolute atomic E-state index is 0.433. The van der Waals surface area contributed by atoms with Gasteiger partial charge in [-0.3, -0.25) is 15.0 Å². The van der Waals surface area contributed by atoms with E-state index in [-0.39, 0.29) is 0 Å². The molecule has 0 rings (SSSR count). The van der Waals surface area contributed by atoms with Crippen molar-refractivity contribution in [1.29, 1.82) is 0 Å². The van der Waals surface area contributed by atoms with E-state index in [2.05, 4.69) is 10.9 Å². The first-order valence-corrected chi connectivity index (χ1v) is 5.89. The number of halogens is 3. The third kappa shape index (κ3) is 7.00. The van der Waals surface area contributed by atoms with E-state index >= 15 is 0 Å². The second-order valence-electron chi connectivity index (χ2n) is 5.14. The average molecular weight is 283 g/mol. The lowest BCUT2D eigenvalue weighted by atomic mass is 10.1. The highest BCUT2D eigenvalue weighted by atomic mass is 19.4. The van der Waals surface area contributed by atoms with Crippen LogP contribution >= 0.6 is 0 Å². The predicted octanol–water partition coefficient (Wildman–Crippen LogP) is 1.11. The van der Waals surface area contributed by atoms with E-state index in [0.29, 0.717) is 12.5 Å². The molecule has 0 radical (unpaired) electrons. The molecular weight excluding hydrogens is 263 g/mol. The zero-order valence-corrected chi connectivity index (χ0v) is 11.4. The van der Waals surface area contributed by atoms with Crippen LogP contribution in [0.1, 0.15) is 34.1 Å². The summed E-state index contributed by atoms with van der Waals surface area (Å²) in [6.45, 7) is 6.87. The maximum absolute atomic E-state index is 12.1. The summed E-state index contributed by atoms with van der Waals surface area (Å²) in [7, 11) is 0. The van der Waals surface area contributed by atoms with Crippen LogP contribution < -0.4 is 16.2 Å². The van der Waals surface area contributed by atoms with Crippen molar-refractivity contribution in [2.45, 2.75) is 45.8 Å². The first kappa shape index (κ1) is 17.7. The zero-order chi connectivity index (χ0) is 15.3. The van der Waals surface area contributed by atoms with E-state index in [0.717, 1.165) is 6.42 Å². The molecule has 0 unspecified atom stereocenters. The highest BCUT2D eigenvalue weighted by Gasteiger charge is 2.43. The number of amides is 2. The molecule has 8 heteroatoms. The highest BCUT2D eigenvalue weighted by Crippen LogP contribution is 2.16. The SMILES string of the molecule is CC(C)CCNNC(=O)C(C)(C)NC(=O)C(F)(F)F. The van der Waals surface area contributed by atoms with Gasteiger partial charge >= 0.3 is 12.1 Å². The van der Waals surface area contributed by atoms with Crippen LogP contribution in [-0.4, -0.2) is 30.1 Å². The van der Waals surface area contributed by atoms with Crippen LogP contribution in [0.15, 0.2) is 0 Å². The molecule has 5 nitrogen and oxygen atoms in total. The fraction of sp³-hybridized carbons (Fsp3) is 0.818. The minimum Gasteiger partial charge on any atom is -0.334 e. The number of rotatable bonds is 6. The molecule has 0 bridgehead atoms. The topological polar surface area (TPSA) is 70.2 Å². The summed E-state index contributed by atoms with van der Waals surface area (Å²) in [5.41, 5.74) is 3.21. The van der Waals surface area contributed by atoms with E-state index < -0.39 is 23.5 Å². The van der Waals surface area contributed by atoms with Crippen molar-refractivity contribution in [2.24, 2.45) is 5.92 Å². The first-order chi connectivity index (χ1) is 8.47. The summed E-state index contributed by atoms with van der Waals surface area (Å²) in [5, 5.41) is 1.63. The predicted molar refractivity (Wildman–Crippen MR) is 63.9 cm³/mol. The molecule has 112 valence electrons. The van der Waals surface area contributed by atoms with Gasteiger partial charge in [-0.15, -0.1) is 0 Å². The molecular formula is C11H20F3N3O2. The van der Waals surface area contributed by atoms with Crippen LogP contribution in [0.2, 0.25) is 0 Å². The van der Waals surface area contributed by atoms with Gasteiger partial charge in [0.25, 0.3) is 5.91 Å². The smallest absolute Gasteiger partial charge is 0.334 e. The molecule has 0 atom stereocenters. The van der Waals surface area contributed by atoms with Crippen molar-refractivity contribution >= 4 is 11.8 Å². The van der Waals surface area contributed by atoms with Crippen molar-refractivity contribution in [3.05, 3.63) is 0 Å². The summed E-state index contributed by atoms with van der Waals surface area (Å²) >= 11 is 0.